The minimum Gasteiger partial charge on any atom is -0.383 e. The smallest absolute Gasteiger partial charge is 0.163 e. The van der Waals surface area contributed by atoms with Crippen molar-refractivity contribution in [2.24, 2.45) is 0 Å². The predicted molar refractivity (Wildman–Crippen MR) is 183 cm³/mol. The van der Waals surface area contributed by atoms with E-state index in [9.17, 15) is 8.78 Å². The maximum atomic E-state index is 13.8. The molecular formula is C34H31Br2F2N5O2. The van der Waals surface area contributed by atoms with Crippen LogP contribution in [0.5, 0.6) is 0 Å². The second-order valence-electron chi connectivity index (χ2n) is 10.1. The van der Waals surface area contributed by atoms with Gasteiger partial charge in [-0.3, -0.25) is 4.40 Å². The maximum Gasteiger partial charge on any atom is 0.163 e. The number of ether oxygens (including phenoxy) is 2. The number of nitrogens with zero attached hydrogens (tertiary/aromatic N) is 4. The fourth-order valence-corrected chi connectivity index (χ4v) is 5.77. The Morgan fingerprint density at radius 3 is 2.29 bits per heavy atom. The van der Waals surface area contributed by atoms with Crippen molar-refractivity contribution >= 4 is 76.8 Å². The molecule has 0 amide bonds. The summed E-state index contributed by atoms with van der Waals surface area (Å²) in [6.07, 6.45) is 7.54. The highest BCUT2D eigenvalue weighted by atomic mass is 79.9. The number of hydrogen-bond donors (Lipinski definition) is 1. The van der Waals surface area contributed by atoms with Gasteiger partial charge in [0.05, 0.1) is 11.0 Å². The van der Waals surface area contributed by atoms with Gasteiger partial charge in [-0.15, -0.1) is 0 Å². The number of fused-ring (bicyclic) bond motifs is 6. The van der Waals surface area contributed by atoms with Crippen molar-refractivity contribution in [3.63, 3.8) is 0 Å². The molecule has 11 heteroatoms. The van der Waals surface area contributed by atoms with E-state index >= 15 is 0 Å². The molecule has 0 saturated carbocycles. The summed E-state index contributed by atoms with van der Waals surface area (Å²) in [6.45, 7) is 7.25. The molecule has 7 rings (SSSR count). The highest BCUT2D eigenvalue weighted by molar-refractivity contribution is 9.10. The van der Waals surface area contributed by atoms with Crippen molar-refractivity contribution in [2.45, 2.75) is 33.5 Å². The zero-order chi connectivity index (χ0) is 32.1. The molecular weight excluding hydrogens is 708 g/mol. The predicted octanol–water partition coefficient (Wildman–Crippen LogP) is 9.00. The van der Waals surface area contributed by atoms with Crippen LogP contribution in [-0.2, 0) is 15.9 Å². The molecule has 45 heavy (non-hydrogen) atoms. The van der Waals surface area contributed by atoms with Crippen LogP contribution < -0.4 is 5.73 Å². The molecule has 7 nitrogen and oxygen atoms in total. The van der Waals surface area contributed by atoms with Gasteiger partial charge in [0.1, 0.15) is 23.8 Å². The molecule has 4 heterocycles. The fraction of sp³-hybridized carbons (Fsp3) is 0.206. The number of rotatable bonds is 5. The van der Waals surface area contributed by atoms with Crippen molar-refractivity contribution in [3.8, 4) is 0 Å². The molecule has 0 spiro atoms. The Bertz CT molecular complexity index is 2010. The Labute approximate surface area is 276 Å². The van der Waals surface area contributed by atoms with Gasteiger partial charge in [0.15, 0.2) is 11.9 Å². The number of nitrogen functional groups attached to an aromatic ring is 1. The number of aromatic nitrogens is 4. The lowest BCUT2D eigenvalue weighted by Crippen LogP contribution is -2.11. The topological polar surface area (TPSA) is 87.6 Å². The fourth-order valence-electron chi connectivity index (χ4n) is 5.11. The molecule has 0 bridgehead atoms. The van der Waals surface area contributed by atoms with Crippen molar-refractivity contribution in [1.82, 2.24) is 19.4 Å². The minimum absolute atomic E-state index is 0.0370. The Hall–Kier alpha value is -3.77. The second kappa shape index (κ2) is 14.6. The summed E-state index contributed by atoms with van der Waals surface area (Å²) in [4.78, 5) is 12.7. The number of allylic oxidation sites excluding steroid dienone is 1. The van der Waals surface area contributed by atoms with Gasteiger partial charge in [-0.2, -0.15) is 0 Å². The molecule has 0 unspecified atom stereocenters. The number of benzene rings is 2. The Morgan fingerprint density at radius 1 is 0.867 bits per heavy atom. The lowest BCUT2D eigenvalue weighted by Gasteiger charge is -2.09. The average molecular weight is 739 g/mol. The quantitative estimate of drug-likeness (QED) is 0.178. The van der Waals surface area contributed by atoms with Crippen LogP contribution in [-0.4, -0.2) is 38.9 Å². The molecule has 6 aromatic rings. The van der Waals surface area contributed by atoms with E-state index in [0.717, 1.165) is 55.3 Å². The zero-order valence-corrected chi connectivity index (χ0v) is 28.1. The van der Waals surface area contributed by atoms with Crippen molar-refractivity contribution in [2.75, 3.05) is 18.9 Å². The number of anilines is 1. The first-order valence-corrected chi connectivity index (χ1v) is 15.9. The van der Waals surface area contributed by atoms with Crippen LogP contribution in [0, 0.1) is 11.6 Å². The van der Waals surface area contributed by atoms with Crippen LogP contribution in [0.3, 0.4) is 0 Å². The molecule has 4 aromatic heterocycles. The third kappa shape index (κ3) is 7.38. The Kier molecular flexibility index (Phi) is 10.5. The lowest BCUT2D eigenvalue weighted by atomic mass is 10.0. The summed E-state index contributed by atoms with van der Waals surface area (Å²) < 4.78 is 41.2. The first-order valence-electron chi connectivity index (χ1n) is 14.3. The molecule has 0 saturated heterocycles. The highest BCUT2D eigenvalue weighted by Gasteiger charge is 2.19. The molecule has 1 aliphatic carbocycles. The summed E-state index contributed by atoms with van der Waals surface area (Å²) in [5.41, 5.74) is 11.8. The number of hydrogen-bond acceptors (Lipinski definition) is 6. The summed E-state index contributed by atoms with van der Waals surface area (Å²) in [6, 6.07) is 15.9. The van der Waals surface area contributed by atoms with E-state index < -0.39 is 0 Å². The van der Waals surface area contributed by atoms with Crippen LogP contribution in [0.1, 0.15) is 37.5 Å². The van der Waals surface area contributed by atoms with Gasteiger partial charge in [-0.1, -0.05) is 18.2 Å². The molecule has 0 atom stereocenters. The van der Waals surface area contributed by atoms with E-state index in [2.05, 4.69) is 46.8 Å². The summed E-state index contributed by atoms with van der Waals surface area (Å²) in [5.74, 6) is 0.0546. The SMILES string of the molecule is CCOC(C)OCC.Fc1cccc2c1cc1c3cc(Br)cnc3ncn21.Nc1ncc(Br)cc1C1=Cc2c(F)cccc2C1. The van der Waals surface area contributed by atoms with Crippen LogP contribution in [0.2, 0.25) is 0 Å². The number of halogens is 4. The highest BCUT2D eigenvalue weighted by Crippen LogP contribution is 2.35. The van der Waals surface area contributed by atoms with Gasteiger partial charge in [-0.25, -0.2) is 23.7 Å². The van der Waals surface area contributed by atoms with Gasteiger partial charge in [0.2, 0.25) is 0 Å². The zero-order valence-electron chi connectivity index (χ0n) is 24.9. The van der Waals surface area contributed by atoms with Gasteiger partial charge in [-0.05, 0) is 113 Å². The first-order chi connectivity index (χ1) is 21.7. The van der Waals surface area contributed by atoms with E-state index in [4.69, 9.17) is 15.2 Å². The van der Waals surface area contributed by atoms with Crippen LogP contribution >= 0.6 is 31.9 Å². The molecule has 1 aliphatic rings. The van der Waals surface area contributed by atoms with Crippen molar-refractivity contribution < 1.29 is 18.3 Å². The molecule has 2 aromatic carbocycles. The van der Waals surface area contributed by atoms with Crippen LogP contribution in [0.15, 0.2) is 82.3 Å². The van der Waals surface area contributed by atoms with Crippen LogP contribution in [0.4, 0.5) is 14.6 Å². The van der Waals surface area contributed by atoms with Gasteiger partial charge in [0, 0.05) is 56.5 Å². The van der Waals surface area contributed by atoms with E-state index in [1.165, 1.54) is 12.1 Å². The maximum absolute atomic E-state index is 13.8. The van der Waals surface area contributed by atoms with Crippen LogP contribution in [0.25, 0.3) is 39.1 Å². The van der Waals surface area contributed by atoms with Gasteiger partial charge in [0.25, 0.3) is 0 Å². The van der Waals surface area contributed by atoms with Gasteiger partial charge < -0.3 is 15.2 Å². The van der Waals surface area contributed by atoms with E-state index in [0.29, 0.717) is 28.8 Å². The van der Waals surface area contributed by atoms with E-state index in [1.807, 2.05) is 61.6 Å². The van der Waals surface area contributed by atoms with Gasteiger partial charge >= 0.3 is 0 Å². The normalized spacial score (nSPS) is 12.1. The average Bonchev–Trinajstić information content (AvgIpc) is 3.63. The Balaban J connectivity index is 0.000000145. The molecule has 0 fully saturated rings. The monoisotopic (exact) mass is 737 g/mol. The number of nitrogens with two attached hydrogens (primary N) is 1. The Morgan fingerprint density at radius 2 is 1.56 bits per heavy atom. The van der Waals surface area contributed by atoms with E-state index in [-0.39, 0.29) is 17.9 Å². The molecule has 0 radical (unpaired) electrons. The third-order valence-electron chi connectivity index (χ3n) is 7.11. The summed E-state index contributed by atoms with van der Waals surface area (Å²) in [5, 5.41) is 1.49. The number of pyridine rings is 2. The molecule has 232 valence electrons. The van der Waals surface area contributed by atoms with Crippen molar-refractivity contribution in [3.05, 3.63) is 111 Å². The van der Waals surface area contributed by atoms with E-state index in [1.54, 1.807) is 30.9 Å². The lowest BCUT2D eigenvalue weighted by molar-refractivity contribution is -0.123. The van der Waals surface area contributed by atoms with Crippen molar-refractivity contribution in [1.29, 1.82) is 0 Å². The molecule has 2 N–H and O–H groups in total. The summed E-state index contributed by atoms with van der Waals surface area (Å²) >= 11 is 6.78. The summed E-state index contributed by atoms with van der Waals surface area (Å²) in [7, 11) is 0. The largest absolute Gasteiger partial charge is 0.383 e. The standard InChI is InChI=1S/C14H7BrFN3.C14H10BrFN2.C6H14O2/c15-8-4-10-13-5-9-11(16)2-1-3-12(9)19(13)7-18-14(10)17-6-8;15-10-6-12(14(17)18-7-10)9-4-8-2-1-3-13(16)11(8)5-9;1-4-7-6(3)8-5-2/h1-7H;1-3,5-7H,4H2,(H2,17,18);6H,4-5H2,1-3H3. The third-order valence-corrected chi connectivity index (χ3v) is 7.98. The second-order valence-corrected chi connectivity index (χ2v) is 11.9. The molecule has 0 aliphatic heterocycles. The minimum atomic E-state index is -0.225. The first kappa shape index (κ1) is 32.6.